The summed E-state index contributed by atoms with van der Waals surface area (Å²) in [6.45, 7) is 9.69. The van der Waals surface area contributed by atoms with E-state index < -0.39 is 0 Å². The number of amides is 1. The average Bonchev–Trinajstić information content (AvgIpc) is 2.46. The summed E-state index contributed by atoms with van der Waals surface area (Å²) in [7, 11) is 2.18. The van der Waals surface area contributed by atoms with Crippen molar-refractivity contribution in [2.45, 2.75) is 32.2 Å². The molecule has 2 fully saturated rings. The Morgan fingerprint density at radius 3 is 2.75 bits per heavy atom. The zero-order valence-electron chi connectivity index (χ0n) is 13.0. The van der Waals surface area contributed by atoms with Crippen molar-refractivity contribution < 1.29 is 4.79 Å². The van der Waals surface area contributed by atoms with Gasteiger partial charge in [-0.3, -0.25) is 4.79 Å². The lowest BCUT2D eigenvalue weighted by Crippen LogP contribution is -2.51. The second-order valence-corrected chi connectivity index (χ2v) is 6.34. The summed E-state index contributed by atoms with van der Waals surface area (Å²) in [5, 5.41) is 6.43. The van der Waals surface area contributed by atoms with Crippen LogP contribution in [0.2, 0.25) is 0 Å². The Kier molecular flexibility index (Phi) is 6.26. The van der Waals surface area contributed by atoms with E-state index in [9.17, 15) is 4.79 Å². The predicted octanol–water partition coefficient (Wildman–Crippen LogP) is 0.128. The largest absolute Gasteiger partial charge is 0.355 e. The number of piperazine rings is 1. The molecule has 5 heteroatoms. The summed E-state index contributed by atoms with van der Waals surface area (Å²) in [6.07, 6.45) is 3.40. The molecule has 0 aromatic carbocycles. The van der Waals surface area contributed by atoms with Gasteiger partial charge in [-0.05, 0) is 45.3 Å². The predicted molar refractivity (Wildman–Crippen MR) is 81.8 cm³/mol. The van der Waals surface area contributed by atoms with Gasteiger partial charge in [0.2, 0.25) is 5.91 Å². The fraction of sp³-hybridized carbons (Fsp3) is 0.933. The number of carbonyl (C=O) groups is 1. The van der Waals surface area contributed by atoms with Gasteiger partial charge in [-0.15, -0.1) is 0 Å². The van der Waals surface area contributed by atoms with E-state index in [4.69, 9.17) is 0 Å². The van der Waals surface area contributed by atoms with Crippen LogP contribution >= 0.6 is 0 Å². The van der Waals surface area contributed by atoms with Crippen molar-refractivity contribution in [2.24, 2.45) is 5.92 Å². The highest BCUT2D eigenvalue weighted by molar-refractivity contribution is 5.82. The Hall–Kier alpha value is -0.650. The highest BCUT2D eigenvalue weighted by Crippen LogP contribution is 2.15. The minimum Gasteiger partial charge on any atom is -0.355 e. The SMILES string of the molecule is CC1CCCNC1C(=O)NCCCN1CCN(C)CC1. The maximum Gasteiger partial charge on any atom is 0.237 e. The molecule has 5 nitrogen and oxygen atoms in total. The first-order valence-corrected chi connectivity index (χ1v) is 8.09. The van der Waals surface area contributed by atoms with Crippen molar-refractivity contribution in [1.82, 2.24) is 20.4 Å². The summed E-state index contributed by atoms with van der Waals surface area (Å²) in [5.74, 6) is 0.650. The van der Waals surface area contributed by atoms with E-state index in [1.807, 2.05) is 0 Å². The van der Waals surface area contributed by atoms with Crippen molar-refractivity contribution in [3.8, 4) is 0 Å². The first kappa shape index (κ1) is 15.7. The molecular weight excluding hydrogens is 252 g/mol. The lowest BCUT2D eigenvalue weighted by Gasteiger charge is -2.32. The summed E-state index contributed by atoms with van der Waals surface area (Å²) < 4.78 is 0. The normalized spacial score (nSPS) is 29.3. The minimum atomic E-state index is 0.0207. The standard InChI is InChI=1S/C15H30N4O/c1-13-5-3-6-16-14(13)15(20)17-7-4-8-19-11-9-18(2)10-12-19/h13-14,16H,3-12H2,1-2H3,(H,17,20). The number of hydrogen-bond donors (Lipinski definition) is 2. The molecule has 2 atom stereocenters. The van der Waals surface area contributed by atoms with Crippen LogP contribution in [0.1, 0.15) is 26.2 Å². The van der Waals surface area contributed by atoms with Gasteiger partial charge in [-0.1, -0.05) is 6.92 Å². The third kappa shape index (κ3) is 4.72. The highest BCUT2D eigenvalue weighted by Gasteiger charge is 2.26. The number of nitrogens with one attached hydrogen (secondary N) is 2. The number of hydrogen-bond acceptors (Lipinski definition) is 4. The smallest absolute Gasteiger partial charge is 0.237 e. The van der Waals surface area contributed by atoms with Crippen LogP contribution in [-0.2, 0) is 4.79 Å². The van der Waals surface area contributed by atoms with Crippen molar-refractivity contribution in [1.29, 1.82) is 0 Å². The zero-order chi connectivity index (χ0) is 14.4. The summed E-state index contributed by atoms with van der Waals surface area (Å²) >= 11 is 0. The number of carbonyl (C=O) groups excluding carboxylic acids is 1. The molecule has 2 heterocycles. The van der Waals surface area contributed by atoms with Crippen LogP contribution in [0.15, 0.2) is 0 Å². The Morgan fingerprint density at radius 2 is 2.05 bits per heavy atom. The molecule has 1 amide bonds. The summed E-state index contributed by atoms with van der Waals surface area (Å²) in [4.78, 5) is 17.0. The van der Waals surface area contributed by atoms with Gasteiger partial charge in [0.05, 0.1) is 6.04 Å². The van der Waals surface area contributed by atoms with Crippen LogP contribution in [-0.4, -0.2) is 74.6 Å². The number of likely N-dealkylation sites (N-methyl/N-ethyl adjacent to an activating group) is 1. The van der Waals surface area contributed by atoms with Gasteiger partial charge >= 0.3 is 0 Å². The third-order valence-corrected chi connectivity index (χ3v) is 4.60. The van der Waals surface area contributed by atoms with Gasteiger partial charge in [0, 0.05) is 32.7 Å². The molecule has 0 radical (unpaired) electrons. The maximum absolute atomic E-state index is 12.1. The number of rotatable bonds is 5. The molecule has 2 rings (SSSR count). The Bertz CT molecular complexity index is 302. The van der Waals surface area contributed by atoms with Gasteiger partial charge in [0.15, 0.2) is 0 Å². The lowest BCUT2D eigenvalue weighted by molar-refractivity contribution is -0.124. The zero-order valence-corrected chi connectivity index (χ0v) is 13.0. The van der Waals surface area contributed by atoms with E-state index in [0.717, 1.165) is 58.7 Å². The quantitative estimate of drug-likeness (QED) is 0.704. The number of nitrogens with zero attached hydrogens (tertiary/aromatic N) is 2. The fourth-order valence-corrected chi connectivity index (χ4v) is 3.10. The van der Waals surface area contributed by atoms with Gasteiger partial charge in [0.25, 0.3) is 0 Å². The summed E-state index contributed by atoms with van der Waals surface area (Å²) in [6, 6.07) is 0.0207. The van der Waals surface area contributed by atoms with Crippen LogP contribution in [0, 0.1) is 5.92 Å². The lowest BCUT2D eigenvalue weighted by atomic mass is 9.92. The first-order chi connectivity index (χ1) is 9.66. The molecule has 0 saturated carbocycles. The molecular formula is C15H30N4O. The molecule has 116 valence electrons. The topological polar surface area (TPSA) is 47.6 Å². The van der Waals surface area contributed by atoms with Crippen LogP contribution in [0.4, 0.5) is 0 Å². The molecule has 20 heavy (non-hydrogen) atoms. The third-order valence-electron chi connectivity index (χ3n) is 4.60. The van der Waals surface area contributed by atoms with Crippen molar-refractivity contribution in [2.75, 3.05) is 52.9 Å². The average molecular weight is 282 g/mol. The molecule has 0 aromatic rings. The number of piperidine rings is 1. The fourth-order valence-electron chi connectivity index (χ4n) is 3.10. The van der Waals surface area contributed by atoms with E-state index in [1.165, 1.54) is 6.42 Å². The molecule has 0 aliphatic carbocycles. The summed E-state index contributed by atoms with van der Waals surface area (Å²) in [5.41, 5.74) is 0. The molecule has 2 N–H and O–H groups in total. The Labute approximate surface area is 123 Å². The van der Waals surface area contributed by atoms with Gasteiger partial charge in [0.1, 0.15) is 0 Å². The van der Waals surface area contributed by atoms with E-state index >= 15 is 0 Å². The first-order valence-electron chi connectivity index (χ1n) is 8.09. The molecule has 2 aliphatic heterocycles. The van der Waals surface area contributed by atoms with E-state index in [0.29, 0.717) is 5.92 Å². The second kappa shape index (κ2) is 7.96. The van der Waals surface area contributed by atoms with Crippen molar-refractivity contribution >= 4 is 5.91 Å². The van der Waals surface area contributed by atoms with Crippen LogP contribution < -0.4 is 10.6 Å². The Morgan fingerprint density at radius 1 is 1.30 bits per heavy atom. The highest BCUT2D eigenvalue weighted by atomic mass is 16.2. The molecule has 0 aromatic heterocycles. The van der Waals surface area contributed by atoms with Gasteiger partial charge in [-0.2, -0.15) is 0 Å². The maximum atomic E-state index is 12.1. The van der Waals surface area contributed by atoms with Crippen molar-refractivity contribution in [3.63, 3.8) is 0 Å². The van der Waals surface area contributed by atoms with Crippen LogP contribution in [0.3, 0.4) is 0 Å². The molecule has 2 aliphatic rings. The molecule has 2 saturated heterocycles. The van der Waals surface area contributed by atoms with Crippen molar-refractivity contribution in [3.05, 3.63) is 0 Å². The van der Waals surface area contributed by atoms with E-state index in [1.54, 1.807) is 0 Å². The van der Waals surface area contributed by atoms with Crippen LogP contribution in [0.5, 0.6) is 0 Å². The monoisotopic (exact) mass is 282 g/mol. The molecule has 0 bridgehead atoms. The van der Waals surface area contributed by atoms with E-state index in [2.05, 4.69) is 34.4 Å². The second-order valence-electron chi connectivity index (χ2n) is 6.34. The molecule has 2 unspecified atom stereocenters. The van der Waals surface area contributed by atoms with Gasteiger partial charge in [-0.25, -0.2) is 0 Å². The Balaban J connectivity index is 1.57. The molecule has 0 spiro atoms. The minimum absolute atomic E-state index is 0.0207. The van der Waals surface area contributed by atoms with Gasteiger partial charge < -0.3 is 20.4 Å². The van der Waals surface area contributed by atoms with Crippen LogP contribution in [0.25, 0.3) is 0 Å². The van der Waals surface area contributed by atoms with E-state index in [-0.39, 0.29) is 11.9 Å².